The van der Waals surface area contributed by atoms with Crippen LogP contribution in [-0.2, 0) is 9.53 Å². The van der Waals surface area contributed by atoms with Crippen molar-refractivity contribution in [2.24, 2.45) is 0 Å². The van der Waals surface area contributed by atoms with Gasteiger partial charge in [0.25, 0.3) is 11.8 Å². The lowest BCUT2D eigenvalue weighted by Gasteiger charge is -2.17. The van der Waals surface area contributed by atoms with E-state index in [9.17, 15) is 14.4 Å². The molecule has 1 atom stereocenters. The number of ether oxygens (including phenoxy) is 2. The van der Waals surface area contributed by atoms with Gasteiger partial charge in [0.15, 0.2) is 6.10 Å². The third-order valence-corrected chi connectivity index (χ3v) is 5.11. The van der Waals surface area contributed by atoms with Crippen LogP contribution in [0, 0.1) is 0 Å². The SMILES string of the molecule is COC(=O)c1ccc(C(=O)Nc2cc(Cl)ccc2Cl)cc1NC(=O)C(C)Oc1ccccc1. The average molecular weight is 487 g/mol. The van der Waals surface area contributed by atoms with Gasteiger partial charge in [0.2, 0.25) is 0 Å². The first kappa shape index (κ1) is 24.1. The number of esters is 1. The zero-order valence-corrected chi connectivity index (χ0v) is 19.2. The number of para-hydroxylation sites is 1. The Bertz CT molecular complexity index is 1180. The largest absolute Gasteiger partial charge is 0.481 e. The van der Waals surface area contributed by atoms with Crippen molar-refractivity contribution in [3.05, 3.63) is 87.9 Å². The summed E-state index contributed by atoms with van der Waals surface area (Å²) in [6, 6.07) is 17.7. The van der Waals surface area contributed by atoms with E-state index < -0.39 is 23.9 Å². The molecule has 0 aliphatic rings. The number of carbonyl (C=O) groups is 3. The third kappa shape index (κ3) is 6.25. The number of amides is 2. The highest BCUT2D eigenvalue weighted by Gasteiger charge is 2.21. The van der Waals surface area contributed by atoms with Gasteiger partial charge < -0.3 is 20.1 Å². The van der Waals surface area contributed by atoms with Crippen LogP contribution in [0.15, 0.2) is 66.7 Å². The lowest BCUT2D eigenvalue weighted by molar-refractivity contribution is -0.122. The Morgan fingerprint density at radius 3 is 2.30 bits per heavy atom. The van der Waals surface area contributed by atoms with E-state index >= 15 is 0 Å². The van der Waals surface area contributed by atoms with Gasteiger partial charge in [-0.2, -0.15) is 0 Å². The molecule has 170 valence electrons. The molecule has 3 aromatic carbocycles. The summed E-state index contributed by atoms with van der Waals surface area (Å²) in [5.74, 6) is -1.19. The second-order valence-corrected chi connectivity index (χ2v) is 7.74. The molecule has 0 heterocycles. The number of anilines is 2. The van der Waals surface area contributed by atoms with E-state index in [-0.39, 0.29) is 16.8 Å². The van der Waals surface area contributed by atoms with Crippen molar-refractivity contribution in [3.8, 4) is 5.75 Å². The van der Waals surface area contributed by atoms with Crippen LogP contribution < -0.4 is 15.4 Å². The van der Waals surface area contributed by atoms with Gasteiger partial charge in [0.05, 0.1) is 29.1 Å². The molecule has 9 heteroatoms. The highest BCUT2D eigenvalue weighted by molar-refractivity contribution is 6.35. The maximum atomic E-state index is 12.8. The fraction of sp³-hybridized carbons (Fsp3) is 0.125. The smallest absolute Gasteiger partial charge is 0.339 e. The van der Waals surface area contributed by atoms with Crippen molar-refractivity contribution in [2.45, 2.75) is 13.0 Å². The van der Waals surface area contributed by atoms with Gasteiger partial charge >= 0.3 is 5.97 Å². The quantitative estimate of drug-likeness (QED) is 0.433. The van der Waals surface area contributed by atoms with Gasteiger partial charge in [-0.15, -0.1) is 0 Å². The monoisotopic (exact) mass is 486 g/mol. The molecule has 1 unspecified atom stereocenters. The zero-order chi connectivity index (χ0) is 24.0. The minimum atomic E-state index is -0.874. The first-order valence-corrected chi connectivity index (χ1v) is 10.6. The Labute approximate surface area is 200 Å². The molecule has 0 saturated heterocycles. The second-order valence-electron chi connectivity index (χ2n) is 6.89. The van der Waals surface area contributed by atoms with Crippen LogP contribution in [-0.4, -0.2) is 31.0 Å². The van der Waals surface area contributed by atoms with Crippen LogP contribution in [0.1, 0.15) is 27.6 Å². The first-order chi connectivity index (χ1) is 15.8. The van der Waals surface area contributed by atoms with E-state index in [1.165, 1.54) is 31.4 Å². The molecule has 3 aromatic rings. The van der Waals surface area contributed by atoms with Crippen LogP contribution >= 0.6 is 23.2 Å². The van der Waals surface area contributed by atoms with Gasteiger partial charge in [-0.3, -0.25) is 9.59 Å². The minimum Gasteiger partial charge on any atom is -0.481 e. The number of carbonyl (C=O) groups excluding carboxylic acids is 3. The molecular formula is C24H20Cl2N2O5. The van der Waals surface area contributed by atoms with Crippen molar-refractivity contribution in [3.63, 3.8) is 0 Å². The number of rotatable bonds is 7. The van der Waals surface area contributed by atoms with Crippen molar-refractivity contribution in [1.82, 2.24) is 0 Å². The number of benzene rings is 3. The first-order valence-electron chi connectivity index (χ1n) is 9.80. The van der Waals surface area contributed by atoms with Crippen LogP contribution in [0.4, 0.5) is 11.4 Å². The fourth-order valence-corrected chi connectivity index (χ4v) is 3.19. The van der Waals surface area contributed by atoms with Crippen LogP contribution in [0.2, 0.25) is 10.0 Å². The van der Waals surface area contributed by atoms with Crippen LogP contribution in [0.5, 0.6) is 5.75 Å². The van der Waals surface area contributed by atoms with E-state index in [4.69, 9.17) is 32.7 Å². The van der Waals surface area contributed by atoms with E-state index in [1.54, 1.807) is 43.3 Å². The Hall–Kier alpha value is -3.55. The molecule has 0 aliphatic heterocycles. The number of hydrogen-bond donors (Lipinski definition) is 2. The molecule has 0 aromatic heterocycles. The Morgan fingerprint density at radius 2 is 1.61 bits per heavy atom. The highest BCUT2D eigenvalue weighted by atomic mass is 35.5. The van der Waals surface area contributed by atoms with Crippen molar-refractivity contribution in [1.29, 1.82) is 0 Å². The van der Waals surface area contributed by atoms with E-state index in [1.807, 2.05) is 6.07 Å². The maximum absolute atomic E-state index is 12.8. The summed E-state index contributed by atoms with van der Waals surface area (Å²) in [6.45, 7) is 1.57. The molecule has 2 amide bonds. The Morgan fingerprint density at radius 1 is 0.879 bits per heavy atom. The van der Waals surface area contributed by atoms with Gasteiger partial charge in [0.1, 0.15) is 5.75 Å². The molecule has 0 aliphatic carbocycles. The summed E-state index contributed by atoms with van der Waals surface area (Å²) in [6.07, 6.45) is -0.874. The summed E-state index contributed by atoms with van der Waals surface area (Å²) in [4.78, 5) is 37.7. The number of hydrogen-bond acceptors (Lipinski definition) is 5. The molecule has 0 bridgehead atoms. The zero-order valence-electron chi connectivity index (χ0n) is 17.7. The summed E-state index contributed by atoms with van der Waals surface area (Å²) in [7, 11) is 1.22. The molecule has 2 N–H and O–H groups in total. The molecule has 33 heavy (non-hydrogen) atoms. The number of halogens is 2. The highest BCUT2D eigenvalue weighted by Crippen LogP contribution is 2.27. The minimum absolute atomic E-state index is 0.0788. The van der Waals surface area contributed by atoms with Crippen molar-refractivity contribution >= 4 is 52.4 Å². The summed E-state index contributed by atoms with van der Waals surface area (Å²) < 4.78 is 10.4. The van der Waals surface area contributed by atoms with E-state index in [0.29, 0.717) is 21.5 Å². The van der Waals surface area contributed by atoms with Gasteiger partial charge in [-0.1, -0.05) is 41.4 Å². The van der Waals surface area contributed by atoms with E-state index in [2.05, 4.69) is 10.6 Å². The summed E-state index contributed by atoms with van der Waals surface area (Å²) in [5.41, 5.74) is 0.669. The molecule has 0 fully saturated rings. The molecule has 7 nitrogen and oxygen atoms in total. The van der Waals surface area contributed by atoms with Crippen molar-refractivity contribution in [2.75, 3.05) is 17.7 Å². The molecule has 0 radical (unpaired) electrons. The lowest BCUT2D eigenvalue weighted by Crippen LogP contribution is -2.31. The summed E-state index contributed by atoms with van der Waals surface area (Å²) in [5, 5.41) is 5.99. The second kappa shape index (κ2) is 10.8. The standard InChI is InChI=1S/C24H20Cl2N2O5/c1-14(33-17-6-4-3-5-7-17)22(29)27-20-12-15(8-10-18(20)24(31)32-2)23(30)28-21-13-16(25)9-11-19(21)26/h3-14H,1-2H3,(H,27,29)(H,28,30). The third-order valence-electron chi connectivity index (χ3n) is 4.55. The average Bonchev–Trinajstić information content (AvgIpc) is 2.81. The van der Waals surface area contributed by atoms with Crippen molar-refractivity contribution < 1.29 is 23.9 Å². The Balaban J connectivity index is 1.83. The normalized spacial score (nSPS) is 11.3. The van der Waals surface area contributed by atoms with Crippen LogP contribution in [0.25, 0.3) is 0 Å². The number of nitrogens with one attached hydrogen (secondary N) is 2. The van der Waals surface area contributed by atoms with E-state index in [0.717, 1.165) is 0 Å². The van der Waals surface area contributed by atoms with Gasteiger partial charge in [-0.05, 0) is 55.5 Å². The molecular weight excluding hydrogens is 467 g/mol. The van der Waals surface area contributed by atoms with Crippen LogP contribution in [0.3, 0.4) is 0 Å². The predicted molar refractivity (Wildman–Crippen MR) is 127 cm³/mol. The lowest BCUT2D eigenvalue weighted by atomic mass is 10.1. The molecule has 0 spiro atoms. The predicted octanol–water partition coefficient (Wildman–Crippen LogP) is 5.44. The topological polar surface area (TPSA) is 93.7 Å². The van der Waals surface area contributed by atoms with Gasteiger partial charge in [-0.25, -0.2) is 4.79 Å². The number of methoxy groups -OCH3 is 1. The molecule has 0 saturated carbocycles. The maximum Gasteiger partial charge on any atom is 0.339 e. The molecule has 3 rings (SSSR count). The fourth-order valence-electron chi connectivity index (χ4n) is 2.86. The summed E-state index contributed by atoms with van der Waals surface area (Å²) >= 11 is 12.1. The Kier molecular flexibility index (Phi) is 7.92. The van der Waals surface area contributed by atoms with Gasteiger partial charge in [0, 0.05) is 10.6 Å².